The van der Waals surface area contributed by atoms with Crippen molar-refractivity contribution in [3.63, 3.8) is 0 Å². The smallest absolute Gasteiger partial charge is 0.248 e. The molecule has 5 heteroatoms. The fraction of sp³-hybridized carbons (Fsp3) is 0.278. The highest BCUT2D eigenvalue weighted by Gasteiger charge is 2.23. The van der Waals surface area contributed by atoms with E-state index in [9.17, 15) is 10.1 Å². The molecule has 0 saturated carbocycles. The molecule has 23 heavy (non-hydrogen) atoms. The van der Waals surface area contributed by atoms with E-state index in [0.29, 0.717) is 16.7 Å². The fourth-order valence-electron chi connectivity index (χ4n) is 2.25. The van der Waals surface area contributed by atoms with Crippen molar-refractivity contribution in [2.24, 2.45) is 5.73 Å². The highest BCUT2D eigenvalue weighted by Crippen LogP contribution is 2.33. The number of nitrogens with zero attached hydrogens (tertiary/aromatic N) is 2. The third-order valence-electron chi connectivity index (χ3n) is 4.22. The first kappa shape index (κ1) is 16.5. The summed E-state index contributed by atoms with van der Waals surface area (Å²) in [6.07, 6.45) is 0.894. The number of anilines is 1. The van der Waals surface area contributed by atoms with Crippen molar-refractivity contribution in [2.45, 2.75) is 32.6 Å². The van der Waals surface area contributed by atoms with Crippen molar-refractivity contribution >= 4 is 11.7 Å². The van der Waals surface area contributed by atoms with Gasteiger partial charge in [-0.2, -0.15) is 5.26 Å². The van der Waals surface area contributed by atoms with Gasteiger partial charge in [0.2, 0.25) is 5.91 Å². The zero-order chi connectivity index (χ0) is 17.2. The quantitative estimate of drug-likeness (QED) is 0.905. The number of benzene rings is 1. The van der Waals surface area contributed by atoms with Crippen molar-refractivity contribution in [1.82, 2.24) is 4.98 Å². The van der Waals surface area contributed by atoms with Gasteiger partial charge < -0.3 is 11.5 Å². The molecule has 0 spiro atoms. The Bertz CT molecular complexity index is 786. The Morgan fingerprint density at radius 3 is 2.39 bits per heavy atom. The number of nitrogens with two attached hydrogens (primary N) is 2. The normalized spacial score (nSPS) is 11.0. The average molecular weight is 308 g/mol. The zero-order valence-electron chi connectivity index (χ0n) is 13.6. The summed E-state index contributed by atoms with van der Waals surface area (Å²) >= 11 is 0. The van der Waals surface area contributed by atoms with E-state index in [1.807, 2.05) is 6.07 Å². The molecule has 0 radical (unpaired) electrons. The molecule has 4 N–H and O–H groups in total. The maximum absolute atomic E-state index is 11.2. The van der Waals surface area contributed by atoms with E-state index in [0.717, 1.165) is 17.7 Å². The minimum atomic E-state index is -0.487. The minimum absolute atomic E-state index is 0.149. The minimum Gasteiger partial charge on any atom is -0.383 e. The summed E-state index contributed by atoms with van der Waals surface area (Å²) in [5.41, 5.74) is 14.2. The van der Waals surface area contributed by atoms with Gasteiger partial charge in [-0.05, 0) is 30.2 Å². The van der Waals surface area contributed by atoms with E-state index < -0.39 is 5.91 Å². The van der Waals surface area contributed by atoms with Crippen LogP contribution in [0.25, 0.3) is 11.1 Å². The number of aromatic nitrogens is 1. The Morgan fingerprint density at radius 1 is 1.30 bits per heavy atom. The second-order valence-electron chi connectivity index (χ2n) is 6.11. The predicted molar refractivity (Wildman–Crippen MR) is 90.6 cm³/mol. The van der Waals surface area contributed by atoms with Crippen molar-refractivity contribution in [3.05, 3.63) is 47.2 Å². The maximum Gasteiger partial charge on any atom is 0.248 e. The van der Waals surface area contributed by atoms with E-state index in [4.69, 9.17) is 11.5 Å². The van der Waals surface area contributed by atoms with Crippen LogP contribution in [0.2, 0.25) is 0 Å². The molecule has 0 saturated heterocycles. The van der Waals surface area contributed by atoms with Gasteiger partial charge in [0.25, 0.3) is 0 Å². The van der Waals surface area contributed by atoms with Gasteiger partial charge in [-0.25, -0.2) is 4.98 Å². The Morgan fingerprint density at radius 2 is 1.91 bits per heavy atom. The molecule has 1 aromatic carbocycles. The summed E-state index contributed by atoms with van der Waals surface area (Å²) in [5, 5.41) is 9.41. The Hall–Kier alpha value is -2.87. The number of nitriles is 1. The van der Waals surface area contributed by atoms with Crippen LogP contribution in [0.5, 0.6) is 0 Å². The van der Waals surface area contributed by atoms with Crippen molar-refractivity contribution in [1.29, 1.82) is 5.26 Å². The van der Waals surface area contributed by atoms with Gasteiger partial charge in [0.15, 0.2) is 0 Å². The predicted octanol–water partition coefficient (Wildman–Crippen LogP) is 2.99. The molecule has 0 fully saturated rings. The first-order chi connectivity index (χ1) is 10.8. The molecule has 2 aromatic rings. The molecular weight excluding hydrogens is 288 g/mol. The first-order valence-electron chi connectivity index (χ1n) is 7.41. The molecule has 1 amide bonds. The largest absolute Gasteiger partial charge is 0.383 e. The number of amides is 1. The molecule has 1 aromatic heterocycles. The lowest BCUT2D eigenvalue weighted by Crippen LogP contribution is -2.19. The number of carbonyl (C=O) groups excluding carboxylic acids is 1. The fourth-order valence-corrected chi connectivity index (χ4v) is 2.25. The topological polar surface area (TPSA) is 106 Å². The van der Waals surface area contributed by atoms with Crippen molar-refractivity contribution < 1.29 is 4.79 Å². The van der Waals surface area contributed by atoms with E-state index in [1.54, 1.807) is 24.3 Å². The van der Waals surface area contributed by atoms with Gasteiger partial charge in [-0.15, -0.1) is 0 Å². The summed E-state index contributed by atoms with van der Waals surface area (Å²) < 4.78 is 0. The number of carbonyl (C=O) groups is 1. The average Bonchev–Trinajstić information content (AvgIpc) is 2.54. The zero-order valence-corrected chi connectivity index (χ0v) is 13.6. The second kappa shape index (κ2) is 6.09. The summed E-state index contributed by atoms with van der Waals surface area (Å²) in [6.45, 7) is 6.25. The molecule has 0 unspecified atom stereocenters. The number of pyridine rings is 1. The number of primary amides is 1. The van der Waals surface area contributed by atoms with Gasteiger partial charge in [0.05, 0.1) is 0 Å². The van der Waals surface area contributed by atoms with Crippen LogP contribution in [-0.4, -0.2) is 10.9 Å². The number of nitrogen functional groups attached to an aromatic ring is 1. The van der Waals surface area contributed by atoms with Gasteiger partial charge in [-0.1, -0.05) is 32.9 Å². The van der Waals surface area contributed by atoms with Crippen molar-refractivity contribution in [3.8, 4) is 17.2 Å². The summed E-state index contributed by atoms with van der Waals surface area (Å²) in [6, 6.07) is 10.8. The van der Waals surface area contributed by atoms with Crippen LogP contribution in [-0.2, 0) is 5.41 Å². The molecule has 1 heterocycles. The molecule has 118 valence electrons. The Kier molecular flexibility index (Phi) is 4.37. The number of rotatable bonds is 4. The first-order valence-corrected chi connectivity index (χ1v) is 7.41. The number of hydrogen-bond donors (Lipinski definition) is 2. The Labute approximate surface area is 135 Å². The van der Waals surface area contributed by atoms with Gasteiger partial charge in [0.1, 0.15) is 17.5 Å². The molecule has 2 rings (SSSR count). The van der Waals surface area contributed by atoms with Crippen LogP contribution < -0.4 is 11.5 Å². The summed E-state index contributed by atoms with van der Waals surface area (Å²) in [5.74, 6) is -0.264. The van der Waals surface area contributed by atoms with Crippen LogP contribution in [0, 0.1) is 11.3 Å². The summed E-state index contributed by atoms with van der Waals surface area (Å²) in [4.78, 5) is 15.6. The molecular formula is C18H20N4O. The lowest BCUT2D eigenvalue weighted by molar-refractivity contribution is 0.100. The van der Waals surface area contributed by atoms with Gasteiger partial charge in [0, 0.05) is 22.2 Å². The molecule has 5 nitrogen and oxygen atoms in total. The highest BCUT2D eigenvalue weighted by molar-refractivity contribution is 5.93. The Balaban J connectivity index is 2.65. The summed E-state index contributed by atoms with van der Waals surface area (Å²) in [7, 11) is 0. The molecule has 0 atom stereocenters. The van der Waals surface area contributed by atoms with E-state index in [2.05, 4.69) is 31.8 Å². The van der Waals surface area contributed by atoms with Gasteiger partial charge >= 0.3 is 0 Å². The van der Waals surface area contributed by atoms with Crippen LogP contribution >= 0.6 is 0 Å². The molecule has 0 bridgehead atoms. The standard InChI is InChI=1S/C18H20N4O/c1-4-18(2,3)15-9-13(14(10-19)16(20)22-15)11-5-7-12(8-6-11)17(21)23/h5-9H,4H2,1-3H3,(H2,20,22)(H2,21,23). The lowest BCUT2D eigenvalue weighted by atomic mass is 9.84. The third-order valence-corrected chi connectivity index (χ3v) is 4.22. The number of hydrogen-bond acceptors (Lipinski definition) is 4. The van der Waals surface area contributed by atoms with Crippen LogP contribution in [0.4, 0.5) is 5.82 Å². The van der Waals surface area contributed by atoms with E-state index in [1.165, 1.54) is 0 Å². The molecule has 0 aliphatic heterocycles. The monoisotopic (exact) mass is 308 g/mol. The maximum atomic E-state index is 11.2. The lowest BCUT2D eigenvalue weighted by Gasteiger charge is -2.23. The van der Waals surface area contributed by atoms with Crippen LogP contribution in [0.15, 0.2) is 30.3 Å². The third kappa shape index (κ3) is 3.16. The second-order valence-corrected chi connectivity index (χ2v) is 6.11. The SMILES string of the molecule is CCC(C)(C)c1cc(-c2ccc(C(N)=O)cc2)c(C#N)c(N)n1. The van der Waals surface area contributed by atoms with E-state index >= 15 is 0 Å². The molecule has 0 aliphatic carbocycles. The van der Waals surface area contributed by atoms with Crippen LogP contribution in [0.1, 0.15) is 48.8 Å². The molecule has 0 aliphatic rings. The van der Waals surface area contributed by atoms with Gasteiger partial charge in [-0.3, -0.25) is 4.79 Å². The van der Waals surface area contributed by atoms with E-state index in [-0.39, 0.29) is 11.2 Å². The van der Waals surface area contributed by atoms with Crippen molar-refractivity contribution in [2.75, 3.05) is 5.73 Å². The van der Waals surface area contributed by atoms with Crippen LogP contribution in [0.3, 0.4) is 0 Å². The highest BCUT2D eigenvalue weighted by atomic mass is 16.1.